The van der Waals surface area contributed by atoms with Crippen molar-refractivity contribution in [3.63, 3.8) is 0 Å². The third-order valence-electron chi connectivity index (χ3n) is 1.95. The molecule has 76 valence electrons. The molecule has 0 aliphatic carbocycles. The molecule has 0 atom stereocenters. The lowest BCUT2D eigenvalue weighted by molar-refractivity contribution is -0.105. The number of aromatic nitrogens is 2. The quantitative estimate of drug-likeness (QED) is 0.560. The van der Waals surface area contributed by atoms with E-state index < -0.39 is 0 Å². The second kappa shape index (κ2) is 4.41. The highest BCUT2D eigenvalue weighted by molar-refractivity contribution is 5.80. The van der Waals surface area contributed by atoms with Crippen molar-refractivity contribution in [2.45, 2.75) is 6.54 Å². The Morgan fingerprint density at radius 1 is 1.60 bits per heavy atom. The number of hydrogen-bond acceptors (Lipinski definition) is 3. The molecule has 0 radical (unpaired) electrons. The normalized spacial score (nSPS) is 11.6. The Bertz CT molecular complexity index is 441. The summed E-state index contributed by atoms with van der Waals surface area (Å²) in [5.74, 6) is 0.678. The van der Waals surface area contributed by atoms with Crippen molar-refractivity contribution >= 4 is 12.4 Å². The molecule has 0 fully saturated rings. The second-order valence-corrected chi connectivity index (χ2v) is 3.09. The molecule has 0 saturated carbocycles. The van der Waals surface area contributed by atoms with Gasteiger partial charge in [0.05, 0.1) is 19.1 Å². The number of allylic oxidation sites excluding steroid dienone is 1. The first-order chi connectivity index (χ1) is 7.38. The molecule has 0 unspecified atom stereocenters. The number of rotatable bonds is 4. The first-order valence-corrected chi connectivity index (χ1v) is 4.53. The number of carbonyl (C=O) groups excluding carboxylic acids is 1. The van der Waals surface area contributed by atoms with Gasteiger partial charge in [0, 0.05) is 18.0 Å². The Labute approximate surface area is 86.9 Å². The molecule has 15 heavy (non-hydrogen) atoms. The molecule has 4 nitrogen and oxygen atoms in total. The van der Waals surface area contributed by atoms with Gasteiger partial charge in [-0.3, -0.25) is 4.79 Å². The Morgan fingerprint density at radius 2 is 2.53 bits per heavy atom. The molecule has 0 bridgehead atoms. The summed E-state index contributed by atoms with van der Waals surface area (Å²) in [6, 6.07) is 3.59. The van der Waals surface area contributed by atoms with E-state index in [0.717, 1.165) is 6.29 Å². The van der Waals surface area contributed by atoms with E-state index in [1.54, 1.807) is 43.2 Å². The van der Waals surface area contributed by atoms with Gasteiger partial charge in [-0.05, 0) is 18.2 Å². The minimum atomic E-state index is 0.504. The highest BCUT2D eigenvalue weighted by Gasteiger charge is 1.99. The third-order valence-corrected chi connectivity index (χ3v) is 1.95. The molecule has 0 aliphatic rings. The molecule has 0 amide bonds. The van der Waals surface area contributed by atoms with Gasteiger partial charge in [0.2, 0.25) is 0 Å². The van der Waals surface area contributed by atoms with Gasteiger partial charge in [-0.2, -0.15) is 0 Å². The van der Waals surface area contributed by atoms with E-state index in [2.05, 4.69) is 4.98 Å². The van der Waals surface area contributed by atoms with Crippen LogP contribution in [-0.4, -0.2) is 15.8 Å². The minimum Gasteiger partial charge on any atom is -0.465 e. The van der Waals surface area contributed by atoms with Crippen LogP contribution in [0.1, 0.15) is 5.76 Å². The summed E-state index contributed by atoms with van der Waals surface area (Å²) in [6.45, 7) is 0.504. The van der Waals surface area contributed by atoms with E-state index in [1.807, 2.05) is 4.57 Å². The Hall–Kier alpha value is -2.10. The molecule has 2 aromatic heterocycles. The van der Waals surface area contributed by atoms with Crippen molar-refractivity contribution in [3.05, 3.63) is 48.5 Å². The van der Waals surface area contributed by atoms with Crippen molar-refractivity contribution in [2.75, 3.05) is 0 Å². The second-order valence-electron chi connectivity index (χ2n) is 3.09. The predicted octanol–water partition coefficient (Wildman–Crippen LogP) is 1.76. The maximum Gasteiger partial charge on any atom is 0.147 e. The van der Waals surface area contributed by atoms with Gasteiger partial charge in [0.15, 0.2) is 0 Å². The lowest BCUT2D eigenvalue weighted by Crippen LogP contribution is -1.99. The number of aldehydes is 1. The topological polar surface area (TPSA) is 48.0 Å². The van der Waals surface area contributed by atoms with Crippen molar-refractivity contribution in [1.82, 2.24) is 9.55 Å². The Morgan fingerprint density at radius 3 is 3.13 bits per heavy atom. The zero-order valence-corrected chi connectivity index (χ0v) is 8.04. The van der Waals surface area contributed by atoms with E-state index >= 15 is 0 Å². The lowest BCUT2D eigenvalue weighted by atomic mass is 10.2. The fourth-order valence-corrected chi connectivity index (χ4v) is 1.26. The molecule has 0 spiro atoms. The van der Waals surface area contributed by atoms with E-state index in [4.69, 9.17) is 4.42 Å². The van der Waals surface area contributed by atoms with Gasteiger partial charge in [0.25, 0.3) is 0 Å². The summed E-state index contributed by atoms with van der Waals surface area (Å²) >= 11 is 0. The zero-order chi connectivity index (χ0) is 10.5. The van der Waals surface area contributed by atoms with Crippen LogP contribution < -0.4 is 0 Å². The number of furan rings is 1. The summed E-state index contributed by atoms with van der Waals surface area (Å²) in [7, 11) is 0. The maximum absolute atomic E-state index is 10.8. The SMILES string of the molecule is O=C/C(=C\c1ccco1)Cn1ccnc1. The average Bonchev–Trinajstić information content (AvgIpc) is 2.89. The van der Waals surface area contributed by atoms with Gasteiger partial charge in [0.1, 0.15) is 12.0 Å². The molecule has 2 heterocycles. The molecular weight excluding hydrogens is 192 g/mol. The largest absolute Gasteiger partial charge is 0.465 e. The molecule has 0 aromatic carbocycles. The first kappa shape index (κ1) is 9.45. The number of carbonyl (C=O) groups is 1. The van der Waals surface area contributed by atoms with Crippen LogP contribution in [0.5, 0.6) is 0 Å². The maximum atomic E-state index is 10.8. The van der Waals surface area contributed by atoms with Crippen LogP contribution in [0.4, 0.5) is 0 Å². The average molecular weight is 202 g/mol. The molecule has 2 rings (SSSR count). The van der Waals surface area contributed by atoms with Crippen LogP contribution in [0.2, 0.25) is 0 Å². The molecular formula is C11H10N2O2. The lowest BCUT2D eigenvalue weighted by Gasteiger charge is -1.99. The standard InChI is InChI=1S/C11H10N2O2/c14-8-10(6-11-2-1-5-15-11)7-13-4-3-12-9-13/h1-6,8-9H,7H2/b10-6-. The summed E-state index contributed by atoms with van der Waals surface area (Å²) < 4.78 is 6.95. The molecule has 2 aromatic rings. The number of hydrogen-bond donors (Lipinski definition) is 0. The number of imidazole rings is 1. The zero-order valence-electron chi connectivity index (χ0n) is 8.04. The summed E-state index contributed by atoms with van der Waals surface area (Å²) in [4.78, 5) is 14.7. The van der Waals surface area contributed by atoms with Crippen LogP contribution in [-0.2, 0) is 11.3 Å². The van der Waals surface area contributed by atoms with Crippen molar-refractivity contribution in [1.29, 1.82) is 0 Å². The Kier molecular flexibility index (Phi) is 2.78. The molecule has 0 N–H and O–H groups in total. The van der Waals surface area contributed by atoms with Gasteiger partial charge in [-0.25, -0.2) is 4.98 Å². The molecule has 4 heteroatoms. The van der Waals surface area contributed by atoms with Crippen LogP contribution >= 0.6 is 0 Å². The van der Waals surface area contributed by atoms with Gasteiger partial charge < -0.3 is 8.98 Å². The van der Waals surface area contributed by atoms with E-state index in [0.29, 0.717) is 17.9 Å². The van der Waals surface area contributed by atoms with Gasteiger partial charge >= 0.3 is 0 Å². The monoisotopic (exact) mass is 202 g/mol. The first-order valence-electron chi connectivity index (χ1n) is 4.53. The summed E-state index contributed by atoms with van der Waals surface area (Å²) in [5.41, 5.74) is 0.642. The van der Waals surface area contributed by atoms with E-state index in [9.17, 15) is 4.79 Å². The fraction of sp³-hybridized carbons (Fsp3) is 0.0909. The highest BCUT2D eigenvalue weighted by Crippen LogP contribution is 2.07. The smallest absolute Gasteiger partial charge is 0.147 e. The summed E-state index contributed by atoms with van der Waals surface area (Å²) in [6.07, 6.45) is 9.26. The van der Waals surface area contributed by atoms with Crippen molar-refractivity contribution < 1.29 is 9.21 Å². The van der Waals surface area contributed by atoms with Crippen LogP contribution in [0, 0.1) is 0 Å². The fourth-order valence-electron chi connectivity index (χ4n) is 1.26. The van der Waals surface area contributed by atoms with Crippen LogP contribution in [0.15, 0.2) is 47.1 Å². The third kappa shape index (κ3) is 2.43. The van der Waals surface area contributed by atoms with Crippen LogP contribution in [0.25, 0.3) is 6.08 Å². The Balaban J connectivity index is 2.14. The van der Waals surface area contributed by atoms with Crippen molar-refractivity contribution in [2.24, 2.45) is 0 Å². The molecule has 0 saturated heterocycles. The molecule has 0 aliphatic heterocycles. The number of nitrogens with zero attached hydrogens (tertiary/aromatic N) is 2. The van der Waals surface area contributed by atoms with Gasteiger partial charge in [-0.15, -0.1) is 0 Å². The van der Waals surface area contributed by atoms with E-state index in [1.165, 1.54) is 0 Å². The minimum absolute atomic E-state index is 0.504. The van der Waals surface area contributed by atoms with Crippen molar-refractivity contribution in [3.8, 4) is 0 Å². The van der Waals surface area contributed by atoms with Gasteiger partial charge in [-0.1, -0.05) is 0 Å². The predicted molar refractivity (Wildman–Crippen MR) is 55.0 cm³/mol. The van der Waals surface area contributed by atoms with Crippen LogP contribution in [0.3, 0.4) is 0 Å². The van der Waals surface area contributed by atoms with E-state index in [-0.39, 0.29) is 0 Å². The summed E-state index contributed by atoms with van der Waals surface area (Å²) in [5, 5.41) is 0. The highest BCUT2D eigenvalue weighted by atomic mass is 16.3.